The second-order valence-corrected chi connectivity index (χ2v) is 3.97. The van der Waals surface area contributed by atoms with Crippen molar-refractivity contribution in [2.75, 3.05) is 6.61 Å². The maximum Gasteiger partial charge on any atom is 0.317 e. The SMILES string of the molecule is CCOC(=O)C(C)(C)c1ccc(Cl)nn1. The third-order valence-corrected chi connectivity index (χ3v) is 2.26. The number of aromatic nitrogens is 2. The van der Waals surface area contributed by atoms with E-state index in [2.05, 4.69) is 10.2 Å². The monoisotopic (exact) mass is 228 g/mol. The van der Waals surface area contributed by atoms with Crippen LogP contribution < -0.4 is 0 Å². The lowest BCUT2D eigenvalue weighted by Gasteiger charge is -2.20. The van der Waals surface area contributed by atoms with Crippen LogP contribution in [0.1, 0.15) is 26.5 Å². The molecule has 0 saturated heterocycles. The molecular formula is C10H13ClN2O2. The van der Waals surface area contributed by atoms with E-state index in [1.807, 2.05) is 0 Å². The number of nitrogens with zero attached hydrogens (tertiary/aromatic N) is 2. The average molecular weight is 229 g/mol. The van der Waals surface area contributed by atoms with E-state index in [9.17, 15) is 4.79 Å². The number of hydrogen-bond acceptors (Lipinski definition) is 4. The molecule has 0 aliphatic heterocycles. The lowest BCUT2D eigenvalue weighted by atomic mass is 9.89. The fraction of sp³-hybridized carbons (Fsp3) is 0.500. The molecule has 0 fully saturated rings. The van der Waals surface area contributed by atoms with Gasteiger partial charge in [-0.05, 0) is 32.9 Å². The number of esters is 1. The lowest BCUT2D eigenvalue weighted by molar-refractivity contribution is -0.149. The summed E-state index contributed by atoms with van der Waals surface area (Å²) < 4.78 is 4.95. The van der Waals surface area contributed by atoms with Crippen LogP contribution in [0.15, 0.2) is 12.1 Å². The molecule has 1 aromatic heterocycles. The van der Waals surface area contributed by atoms with Crippen molar-refractivity contribution in [3.63, 3.8) is 0 Å². The van der Waals surface area contributed by atoms with Crippen molar-refractivity contribution in [3.8, 4) is 0 Å². The highest BCUT2D eigenvalue weighted by Crippen LogP contribution is 2.22. The highest BCUT2D eigenvalue weighted by Gasteiger charge is 2.33. The quantitative estimate of drug-likeness (QED) is 0.743. The first kappa shape index (κ1) is 11.9. The predicted molar refractivity (Wildman–Crippen MR) is 56.7 cm³/mol. The molecule has 0 unspecified atom stereocenters. The Morgan fingerprint density at radius 1 is 1.47 bits per heavy atom. The third kappa shape index (κ3) is 2.65. The summed E-state index contributed by atoms with van der Waals surface area (Å²) in [7, 11) is 0. The lowest BCUT2D eigenvalue weighted by Crippen LogP contribution is -2.32. The summed E-state index contributed by atoms with van der Waals surface area (Å²) in [5, 5.41) is 7.87. The molecule has 5 heteroatoms. The van der Waals surface area contributed by atoms with Crippen molar-refractivity contribution in [2.24, 2.45) is 0 Å². The van der Waals surface area contributed by atoms with Gasteiger partial charge in [-0.25, -0.2) is 0 Å². The minimum absolute atomic E-state index is 0.304. The second-order valence-electron chi connectivity index (χ2n) is 3.59. The van der Waals surface area contributed by atoms with Gasteiger partial charge in [0.2, 0.25) is 0 Å². The zero-order valence-corrected chi connectivity index (χ0v) is 9.71. The first-order chi connectivity index (χ1) is 6.98. The van der Waals surface area contributed by atoms with Crippen molar-refractivity contribution in [1.29, 1.82) is 0 Å². The van der Waals surface area contributed by atoms with Gasteiger partial charge < -0.3 is 4.74 Å². The van der Waals surface area contributed by atoms with Gasteiger partial charge >= 0.3 is 5.97 Å². The molecule has 0 aliphatic carbocycles. The molecule has 0 bridgehead atoms. The molecule has 0 atom stereocenters. The van der Waals surface area contributed by atoms with Gasteiger partial charge in [-0.3, -0.25) is 4.79 Å². The van der Waals surface area contributed by atoms with E-state index in [4.69, 9.17) is 16.3 Å². The Morgan fingerprint density at radius 2 is 2.13 bits per heavy atom. The van der Waals surface area contributed by atoms with Gasteiger partial charge in [-0.2, -0.15) is 5.10 Å². The Morgan fingerprint density at radius 3 is 2.60 bits per heavy atom. The van der Waals surface area contributed by atoms with Crippen molar-refractivity contribution in [2.45, 2.75) is 26.2 Å². The molecule has 0 aromatic carbocycles. The highest BCUT2D eigenvalue weighted by atomic mass is 35.5. The molecule has 1 aromatic rings. The van der Waals surface area contributed by atoms with Crippen LogP contribution in [-0.4, -0.2) is 22.8 Å². The number of ether oxygens (including phenoxy) is 1. The number of hydrogen-bond donors (Lipinski definition) is 0. The van der Waals surface area contributed by atoms with Crippen LogP contribution >= 0.6 is 11.6 Å². The van der Waals surface area contributed by atoms with Crippen LogP contribution in [0.3, 0.4) is 0 Å². The van der Waals surface area contributed by atoms with Gasteiger partial charge in [0.15, 0.2) is 5.15 Å². The van der Waals surface area contributed by atoms with E-state index in [0.29, 0.717) is 17.5 Å². The van der Waals surface area contributed by atoms with Crippen LogP contribution in [0.2, 0.25) is 5.15 Å². The zero-order chi connectivity index (χ0) is 11.5. The largest absolute Gasteiger partial charge is 0.465 e. The summed E-state index contributed by atoms with van der Waals surface area (Å²) in [6, 6.07) is 3.27. The van der Waals surface area contributed by atoms with E-state index in [-0.39, 0.29) is 5.97 Å². The van der Waals surface area contributed by atoms with Crippen LogP contribution in [0.5, 0.6) is 0 Å². The molecule has 0 radical (unpaired) electrons. The first-order valence-electron chi connectivity index (χ1n) is 4.65. The molecule has 0 spiro atoms. The van der Waals surface area contributed by atoms with Crippen LogP contribution in [-0.2, 0) is 14.9 Å². The Hall–Kier alpha value is -1.16. The zero-order valence-electron chi connectivity index (χ0n) is 8.95. The molecule has 15 heavy (non-hydrogen) atoms. The van der Waals surface area contributed by atoms with Gasteiger partial charge in [-0.1, -0.05) is 11.6 Å². The van der Waals surface area contributed by atoms with Crippen molar-refractivity contribution >= 4 is 17.6 Å². The Balaban J connectivity index is 2.94. The van der Waals surface area contributed by atoms with Gasteiger partial charge in [0.25, 0.3) is 0 Å². The first-order valence-corrected chi connectivity index (χ1v) is 5.03. The molecule has 4 nitrogen and oxygen atoms in total. The van der Waals surface area contributed by atoms with Gasteiger partial charge in [0.1, 0.15) is 5.41 Å². The molecule has 82 valence electrons. The summed E-state index contributed by atoms with van der Waals surface area (Å²) in [4.78, 5) is 11.6. The van der Waals surface area contributed by atoms with Crippen molar-refractivity contribution in [1.82, 2.24) is 10.2 Å². The fourth-order valence-corrected chi connectivity index (χ4v) is 1.17. The van der Waals surface area contributed by atoms with E-state index < -0.39 is 5.41 Å². The van der Waals surface area contributed by atoms with E-state index in [0.717, 1.165) is 0 Å². The third-order valence-electron chi connectivity index (χ3n) is 2.06. The normalized spacial score (nSPS) is 11.2. The number of carbonyl (C=O) groups is 1. The Labute approximate surface area is 93.6 Å². The topological polar surface area (TPSA) is 52.1 Å². The van der Waals surface area contributed by atoms with E-state index >= 15 is 0 Å². The van der Waals surface area contributed by atoms with E-state index in [1.54, 1.807) is 32.9 Å². The van der Waals surface area contributed by atoms with Crippen molar-refractivity contribution < 1.29 is 9.53 Å². The molecular weight excluding hydrogens is 216 g/mol. The summed E-state index contributed by atoms with van der Waals surface area (Å²) in [6.07, 6.45) is 0. The molecule has 0 amide bonds. The molecule has 1 rings (SSSR count). The minimum atomic E-state index is -0.798. The van der Waals surface area contributed by atoms with Gasteiger partial charge in [-0.15, -0.1) is 5.10 Å². The summed E-state index contributed by atoms with van der Waals surface area (Å²) >= 11 is 5.61. The standard InChI is InChI=1S/C10H13ClN2O2/c1-4-15-9(14)10(2,3)7-5-6-8(11)13-12-7/h5-6H,4H2,1-3H3. The highest BCUT2D eigenvalue weighted by molar-refractivity contribution is 6.29. The smallest absolute Gasteiger partial charge is 0.317 e. The number of carbonyl (C=O) groups excluding carboxylic acids is 1. The second kappa shape index (κ2) is 4.57. The molecule has 0 aliphatic rings. The molecule has 0 N–H and O–H groups in total. The van der Waals surface area contributed by atoms with Crippen LogP contribution in [0.4, 0.5) is 0 Å². The average Bonchev–Trinajstić information content (AvgIpc) is 2.18. The van der Waals surface area contributed by atoms with Crippen LogP contribution in [0.25, 0.3) is 0 Å². The Bertz CT molecular complexity index is 349. The number of halogens is 1. The predicted octanol–water partition coefficient (Wildman–Crippen LogP) is 1.97. The van der Waals surface area contributed by atoms with Crippen LogP contribution in [0, 0.1) is 0 Å². The van der Waals surface area contributed by atoms with Gasteiger partial charge in [0, 0.05) is 0 Å². The fourth-order valence-electron chi connectivity index (χ4n) is 1.07. The van der Waals surface area contributed by atoms with E-state index in [1.165, 1.54) is 0 Å². The maximum absolute atomic E-state index is 11.6. The van der Waals surface area contributed by atoms with Crippen molar-refractivity contribution in [3.05, 3.63) is 23.0 Å². The number of rotatable bonds is 3. The summed E-state index contributed by atoms with van der Waals surface area (Å²) in [5.41, 5.74) is -0.251. The molecule has 1 heterocycles. The maximum atomic E-state index is 11.6. The molecule has 0 saturated carbocycles. The van der Waals surface area contributed by atoms with Gasteiger partial charge in [0.05, 0.1) is 12.3 Å². The summed E-state index contributed by atoms with van der Waals surface area (Å²) in [6.45, 7) is 5.59. The minimum Gasteiger partial charge on any atom is -0.465 e. The Kier molecular flexibility index (Phi) is 3.63. The summed E-state index contributed by atoms with van der Waals surface area (Å²) in [5.74, 6) is -0.318.